The third-order valence-corrected chi connectivity index (χ3v) is 5.70. The second-order valence-electron chi connectivity index (χ2n) is 8.42. The van der Waals surface area contributed by atoms with Gasteiger partial charge in [0.15, 0.2) is 17.5 Å². The first kappa shape index (κ1) is 21.3. The molecule has 1 saturated heterocycles. The highest BCUT2D eigenvalue weighted by Crippen LogP contribution is 2.35. The maximum atomic E-state index is 12.0. The Morgan fingerprint density at radius 2 is 2.00 bits per heavy atom. The van der Waals surface area contributed by atoms with Crippen molar-refractivity contribution in [3.05, 3.63) is 23.8 Å². The number of carbonyl (C=O) groups is 1. The largest absolute Gasteiger partial charge is 0.486 e. The van der Waals surface area contributed by atoms with Gasteiger partial charge in [0.2, 0.25) is 0 Å². The van der Waals surface area contributed by atoms with Crippen LogP contribution in [0, 0.1) is 11.8 Å². The maximum absolute atomic E-state index is 12.0. The number of likely N-dealkylation sites (tertiary alicyclic amines) is 1. The highest BCUT2D eigenvalue weighted by molar-refractivity contribution is 5.82. The van der Waals surface area contributed by atoms with E-state index in [1.807, 2.05) is 6.07 Å². The van der Waals surface area contributed by atoms with Crippen molar-refractivity contribution in [1.82, 2.24) is 10.2 Å². The number of esters is 1. The van der Waals surface area contributed by atoms with E-state index in [0.29, 0.717) is 26.3 Å². The minimum atomic E-state index is -0.177. The van der Waals surface area contributed by atoms with Crippen LogP contribution in [-0.4, -0.2) is 63.3 Å². The normalized spacial score (nSPS) is 21.8. The zero-order chi connectivity index (χ0) is 21.0. The number of nitrogens with zero attached hydrogens (tertiary/aromatic N) is 2. The topological polar surface area (TPSA) is 72.4 Å². The fraction of sp³-hybridized carbons (Fsp3) is 0.636. The Bertz CT molecular complexity index is 762. The van der Waals surface area contributed by atoms with E-state index in [-0.39, 0.29) is 23.2 Å². The molecule has 0 bridgehead atoms. The fourth-order valence-corrected chi connectivity index (χ4v) is 3.85. The number of guanidine groups is 1. The van der Waals surface area contributed by atoms with Gasteiger partial charge in [-0.2, -0.15) is 0 Å². The molecule has 2 heterocycles. The van der Waals surface area contributed by atoms with Gasteiger partial charge in [0.1, 0.15) is 13.2 Å². The van der Waals surface area contributed by atoms with Crippen molar-refractivity contribution in [2.45, 2.75) is 33.1 Å². The van der Waals surface area contributed by atoms with Crippen LogP contribution in [0.15, 0.2) is 23.2 Å². The second-order valence-corrected chi connectivity index (χ2v) is 8.42. The molecule has 1 fully saturated rings. The summed E-state index contributed by atoms with van der Waals surface area (Å²) >= 11 is 0. The first-order valence-corrected chi connectivity index (χ1v) is 10.4. The van der Waals surface area contributed by atoms with Crippen molar-refractivity contribution in [2.24, 2.45) is 16.8 Å². The Morgan fingerprint density at radius 3 is 2.69 bits per heavy atom. The summed E-state index contributed by atoms with van der Waals surface area (Å²) in [7, 11) is 1.45. The molecule has 3 rings (SSSR count). The van der Waals surface area contributed by atoms with Crippen LogP contribution in [0.2, 0.25) is 0 Å². The monoisotopic (exact) mass is 403 g/mol. The predicted octanol–water partition coefficient (Wildman–Crippen LogP) is 2.44. The molecule has 2 aliphatic rings. The van der Waals surface area contributed by atoms with Crippen molar-refractivity contribution >= 4 is 11.9 Å². The van der Waals surface area contributed by atoms with Gasteiger partial charge in [0.05, 0.1) is 19.6 Å². The summed E-state index contributed by atoms with van der Waals surface area (Å²) in [5, 5.41) is 3.38. The third-order valence-electron chi connectivity index (χ3n) is 5.70. The van der Waals surface area contributed by atoms with Gasteiger partial charge < -0.3 is 24.4 Å². The summed E-state index contributed by atoms with van der Waals surface area (Å²) in [4.78, 5) is 19.1. The molecule has 0 saturated carbocycles. The van der Waals surface area contributed by atoms with Gasteiger partial charge in [-0.15, -0.1) is 0 Å². The molecule has 1 aromatic rings. The zero-order valence-electron chi connectivity index (χ0n) is 18.2. The molecular weight excluding hydrogens is 370 g/mol. The number of carbonyl (C=O) groups excluding carboxylic acids is 1. The number of ether oxygens (including phenoxy) is 3. The van der Waals surface area contributed by atoms with Gasteiger partial charge in [-0.1, -0.05) is 26.8 Å². The fourth-order valence-electron chi connectivity index (χ4n) is 3.85. The Labute approximate surface area is 173 Å². The number of hydrogen-bond acceptors (Lipinski definition) is 5. The van der Waals surface area contributed by atoms with Crippen molar-refractivity contribution in [2.75, 3.05) is 46.5 Å². The van der Waals surface area contributed by atoms with Crippen molar-refractivity contribution < 1.29 is 19.0 Å². The molecule has 0 amide bonds. The summed E-state index contributed by atoms with van der Waals surface area (Å²) in [6.07, 6.45) is 0. The molecule has 0 aliphatic carbocycles. The van der Waals surface area contributed by atoms with E-state index >= 15 is 0 Å². The number of fused-ring (bicyclic) bond motifs is 1. The molecule has 7 nitrogen and oxygen atoms in total. The molecule has 2 aliphatic heterocycles. The van der Waals surface area contributed by atoms with Crippen molar-refractivity contribution in [3.8, 4) is 11.5 Å². The summed E-state index contributed by atoms with van der Waals surface area (Å²) in [6.45, 7) is 12.5. The molecular formula is C22H33N3O4. The van der Waals surface area contributed by atoms with E-state index in [1.54, 1.807) is 0 Å². The Kier molecular flexibility index (Phi) is 6.55. The van der Waals surface area contributed by atoms with E-state index in [1.165, 1.54) is 7.11 Å². The van der Waals surface area contributed by atoms with Crippen LogP contribution in [0.1, 0.15) is 33.3 Å². The molecule has 7 heteroatoms. The summed E-state index contributed by atoms with van der Waals surface area (Å²) in [5.41, 5.74) is 0.979. The Hall–Kier alpha value is -2.44. The van der Waals surface area contributed by atoms with Crippen LogP contribution in [0.3, 0.4) is 0 Å². The Balaban J connectivity index is 1.75. The van der Waals surface area contributed by atoms with Gasteiger partial charge in [0.25, 0.3) is 0 Å². The highest BCUT2D eigenvalue weighted by Gasteiger charge is 2.37. The summed E-state index contributed by atoms with van der Waals surface area (Å²) in [5.74, 6) is 2.41. The first-order chi connectivity index (χ1) is 13.9. The quantitative estimate of drug-likeness (QED) is 0.463. The van der Waals surface area contributed by atoms with Crippen molar-refractivity contribution in [3.63, 3.8) is 0 Å². The first-order valence-electron chi connectivity index (χ1n) is 10.4. The Morgan fingerprint density at radius 1 is 1.28 bits per heavy atom. The lowest BCUT2D eigenvalue weighted by Crippen LogP contribution is -2.41. The number of benzene rings is 1. The second kappa shape index (κ2) is 8.93. The zero-order valence-corrected chi connectivity index (χ0v) is 18.2. The molecule has 1 N–H and O–H groups in total. The molecule has 0 spiro atoms. The molecule has 2 atom stereocenters. The van der Waals surface area contributed by atoms with E-state index in [0.717, 1.165) is 36.1 Å². The van der Waals surface area contributed by atoms with E-state index in [2.05, 4.69) is 50.0 Å². The molecule has 1 aromatic carbocycles. The smallest absolute Gasteiger partial charge is 0.310 e. The predicted molar refractivity (Wildman–Crippen MR) is 113 cm³/mol. The van der Waals surface area contributed by atoms with Crippen LogP contribution >= 0.6 is 0 Å². The lowest BCUT2D eigenvalue weighted by atomic mass is 9.84. The molecule has 29 heavy (non-hydrogen) atoms. The SMILES string of the molecule is CCNC(=NCC(C)(C)c1ccc2c(c1)OCCO2)N1CC(C)C(C(=O)OC)C1. The minimum Gasteiger partial charge on any atom is -0.486 e. The molecule has 2 unspecified atom stereocenters. The average Bonchev–Trinajstić information content (AvgIpc) is 3.11. The molecule has 0 radical (unpaired) electrons. The summed E-state index contributed by atoms with van der Waals surface area (Å²) in [6, 6.07) is 6.12. The van der Waals surface area contributed by atoms with Crippen LogP contribution in [0.5, 0.6) is 11.5 Å². The maximum Gasteiger partial charge on any atom is 0.310 e. The number of nitrogens with one attached hydrogen (secondary N) is 1. The van der Waals surface area contributed by atoms with Gasteiger partial charge in [0, 0.05) is 25.0 Å². The molecule has 160 valence electrons. The van der Waals surface area contributed by atoms with Crippen LogP contribution in [0.25, 0.3) is 0 Å². The number of hydrogen-bond donors (Lipinski definition) is 1. The van der Waals surface area contributed by atoms with E-state index in [9.17, 15) is 4.79 Å². The lowest BCUT2D eigenvalue weighted by Gasteiger charge is -2.28. The standard InChI is InChI=1S/C22H33N3O4/c1-6-23-21(25-12-15(2)17(13-25)20(26)27-5)24-14-22(3,4)16-7-8-18-19(11-16)29-10-9-28-18/h7-8,11,15,17H,6,9-10,12-14H2,1-5H3,(H,23,24). The average molecular weight is 404 g/mol. The number of aliphatic imine (C=N–C) groups is 1. The van der Waals surface area contributed by atoms with Gasteiger partial charge >= 0.3 is 5.97 Å². The van der Waals surface area contributed by atoms with E-state index < -0.39 is 0 Å². The lowest BCUT2D eigenvalue weighted by molar-refractivity contribution is -0.145. The van der Waals surface area contributed by atoms with Gasteiger partial charge in [-0.3, -0.25) is 9.79 Å². The van der Waals surface area contributed by atoms with Crippen LogP contribution in [0.4, 0.5) is 0 Å². The molecule has 0 aromatic heterocycles. The number of methoxy groups -OCH3 is 1. The van der Waals surface area contributed by atoms with E-state index in [4.69, 9.17) is 19.2 Å². The van der Waals surface area contributed by atoms with Crippen molar-refractivity contribution in [1.29, 1.82) is 0 Å². The van der Waals surface area contributed by atoms with Gasteiger partial charge in [-0.05, 0) is 30.5 Å². The number of rotatable bonds is 5. The highest BCUT2D eigenvalue weighted by atomic mass is 16.6. The van der Waals surface area contributed by atoms with Crippen LogP contribution < -0.4 is 14.8 Å². The van der Waals surface area contributed by atoms with Gasteiger partial charge in [-0.25, -0.2) is 0 Å². The third kappa shape index (κ3) is 4.77. The van der Waals surface area contributed by atoms with Crippen LogP contribution in [-0.2, 0) is 14.9 Å². The minimum absolute atomic E-state index is 0.116. The summed E-state index contributed by atoms with van der Waals surface area (Å²) < 4.78 is 16.3.